The van der Waals surface area contributed by atoms with Crippen LogP contribution in [0.25, 0.3) is 0 Å². The predicted molar refractivity (Wildman–Crippen MR) is 114 cm³/mol. The van der Waals surface area contributed by atoms with E-state index in [1.165, 1.54) is 4.31 Å². The second-order valence-electron chi connectivity index (χ2n) is 6.97. The molecule has 0 unspecified atom stereocenters. The molecule has 0 radical (unpaired) electrons. The van der Waals surface area contributed by atoms with E-state index < -0.39 is 10.0 Å². The number of anilines is 2. The van der Waals surface area contributed by atoms with Gasteiger partial charge in [-0.1, -0.05) is 0 Å². The Hall–Kier alpha value is -2.39. The number of aromatic nitrogens is 2. The lowest BCUT2D eigenvalue weighted by Crippen LogP contribution is -2.49. The molecule has 1 aromatic carbocycles. The Bertz CT molecular complexity index is 957. The van der Waals surface area contributed by atoms with Crippen LogP contribution in [-0.4, -0.2) is 62.0 Å². The molecule has 0 amide bonds. The smallest absolute Gasteiger partial charge is 0.243 e. The predicted octanol–water partition coefficient (Wildman–Crippen LogP) is 2.43. The van der Waals surface area contributed by atoms with Gasteiger partial charge in [0.15, 0.2) is 0 Å². The molecule has 29 heavy (non-hydrogen) atoms. The van der Waals surface area contributed by atoms with E-state index >= 15 is 0 Å². The molecule has 8 nitrogen and oxygen atoms in total. The van der Waals surface area contributed by atoms with Crippen molar-refractivity contribution in [2.45, 2.75) is 32.6 Å². The lowest BCUT2D eigenvalue weighted by molar-refractivity contribution is 0.337. The van der Waals surface area contributed by atoms with Crippen molar-refractivity contribution in [3.8, 4) is 5.75 Å². The second kappa shape index (κ2) is 8.96. The standard InChI is InChI=1S/C20H29N5O3S/c1-5-21-20-22-16(4)14-19(23-20)24-9-11-25(12-10-24)29(26,27)17-7-8-18(28-6-2)15(3)13-17/h7-8,13-14H,5-6,9-12H2,1-4H3,(H,21,22,23). The van der Waals surface area contributed by atoms with Crippen molar-refractivity contribution in [1.82, 2.24) is 14.3 Å². The number of ether oxygens (including phenoxy) is 1. The zero-order valence-corrected chi connectivity index (χ0v) is 18.3. The fraction of sp³-hybridized carbons (Fsp3) is 0.500. The van der Waals surface area contributed by atoms with Crippen LogP contribution in [0.5, 0.6) is 5.75 Å². The highest BCUT2D eigenvalue weighted by molar-refractivity contribution is 7.89. The van der Waals surface area contributed by atoms with Crippen molar-refractivity contribution in [2.24, 2.45) is 0 Å². The lowest BCUT2D eigenvalue weighted by atomic mass is 10.2. The Kier molecular flexibility index (Phi) is 6.59. The van der Waals surface area contributed by atoms with Gasteiger partial charge < -0.3 is 15.0 Å². The van der Waals surface area contributed by atoms with Crippen LogP contribution >= 0.6 is 0 Å². The van der Waals surface area contributed by atoms with Crippen molar-refractivity contribution < 1.29 is 13.2 Å². The Morgan fingerprint density at radius 3 is 2.41 bits per heavy atom. The third-order valence-electron chi connectivity index (χ3n) is 4.82. The van der Waals surface area contributed by atoms with E-state index in [4.69, 9.17) is 4.74 Å². The SMILES string of the molecule is CCNc1nc(C)cc(N2CCN(S(=O)(=O)c3ccc(OCC)c(C)c3)CC2)n1. The van der Waals surface area contributed by atoms with Crippen LogP contribution < -0.4 is 15.0 Å². The molecule has 3 rings (SSSR count). The summed E-state index contributed by atoms with van der Waals surface area (Å²) in [5.74, 6) is 2.14. The third kappa shape index (κ3) is 4.79. The first-order chi connectivity index (χ1) is 13.8. The van der Waals surface area contributed by atoms with E-state index in [1.54, 1.807) is 18.2 Å². The van der Waals surface area contributed by atoms with Crippen LogP contribution in [-0.2, 0) is 10.0 Å². The molecule has 1 saturated heterocycles. The van der Waals surface area contributed by atoms with Gasteiger partial charge in [-0.3, -0.25) is 0 Å². The molecule has 1 N–H and O–H groups in total. The molecule has 1 aliphatic rings. The van der Waals surface area contributed by atoms with Gasteiger partial charge in [-0.05, 0) is 51.5 Å². The first-order valence-electron chi connectivity index (χ1n) is 9.93. The van der Waals surface area contributed by atoms with Gasteiger partial charge in [0.25, 0.3) is 0 Å². The summed E-state index contributed by atoms with van der Waals surface area (Å²) < 4.78 is 33.2. The number of nitrogens with zero attached hydrogens (tertiary/aromatic N) is 4. The maximum atomic E-state index is 13.1. The van der Waals surface area contributed by atoms with Crippen LogP contribution in [0.2, 0.25) is 0 Å². The minimum Gasteiger partial charge on any atom is -0.494 e. The van der Waals surface area contributed by atoms with E-state index in [-0.39, 0.29) is 0 Å². The van der Waals surface area contributed by atoms with Gasteiger partial charge >= 0.3 is 0 Å². The zero-order chi connectivity index (χ0) is 21.0. The van der Waals surface area contributed by atoms with Crippen molar-refractivity contribution in [3.05, 3.63) is 35.5 Å². The molecule has 0 spiro atoms. The lowest BCUT2D eigenvalue weighted by Gasteiger charge is -2.34. The summed E-state index contributed by atoms with van der Waals surface area (Å²) in [6.45, 7) is 11.0. The molecule has 2 aromatic rings. The van der Waals surface area contributed by atoms with Crippen LogP contribution in [0.15, 0.2) is 29.2 Å². The number of piperazine rings is 1. The van der Waals surface area contributed by atoms with E-state index in [0.29, 0.717) is 49.4 Å². The van der Waals surface area contributed by atoms with Crippen LogP contribution in [0, 0.1) is 13.8 Å². The molecule has 158 valence electrons. The fourth-order valence-electron chi connectivity index (χ4n) is 3.36. The van der Waals surface area contributed by atoms with E-state index in [2.05, 4.69) is 20.2 Å². The van der Waals surface area contributed by atoms with Gasteiger partial charge in [0.05, 0.1) is 11.5 Å². The summed E-state index contributed by atoms with van der Waals surface area (Å²) >= 11 is 0. The number of aryl methyl sites for hydroxylation is 2. The Balaban J connectivity index is 1.72. The van der Waals surface area contributed by atoms with Gasteiger partial charge in [-0.2, -0.15) is 9.29 Å². The zero-order valence-electron chi connectivity index (χ0n) is 17.5. The molecule has 0 bridgehead atoms. The minimum absolute atomic E-state index is 0.305. The summed E-state index contributed by atoms with van der Waals surface area (Å²) in [5, 5.41) is 3.14. The summed E-state index contributed by atoms with van der Waals surface area (Å²) in [4.78, 5) is 11.3. The third-order valence-corrected chi connectivity index (χ3v) is 6.72. The molecule has 9 heteroatoms. The summed E-state index contributed by atoms with van der Waals surface area (Å²) in [5.41, 5.74) is 1.70. The Labute approximate surface area is 173 Å². The Morgan fingerprint density at radius 1 is 1.07 bits per heavy atom. The number of hydrogen-bond donors (Lipinski definition) is 1. The van der Waals surface area contributed by atoms with E-state index in [0.717, 1.165) is 23.6 Å². The largest absolute Gasteiger partial charge is 0.494 e. The summed E-state index contributed by atoms with van der Waals surface area (Å²) in [6, 6.07) is 6.97. The minimum atomic E-state index is -3.54. The fourth-order valence-corrected chi connectivity index (χ4v) is 4.87. The monoisotopic (exact) mass is 419 g/mol. The molecule has 1 aromatic heterocycles. The molecule has 0 saturated carbocycles. The highest BCUT2D eigenvalue weighted by Gasteiger charge is 2.29. The molecule has 0 atom stereocenters. The number of hydrogen-bond acceptors (Lipinski definition) is 7. The maximum Gasteiger partial charge on any atom is 0.243 e. The van der Waals surface area contributed by atoms with Gasteiger partial charge in [-0.15, -0.1) is 0 Å². The van der Waals surface area contributed by atoms with Crippen LogP contribution in [0.3, 0.4) is 0 Å². The Morgan fingerprint density at radius 2 is 1.79 bits per heavy atom. The van der Waals surface area contributed by atoms with Crippen molar-refractivity contribution in [2.75, 3.05) is 49.5 Å². The maximum absolute atomic E-state index is 13.1. The van der Waals surface area contributed by atoms with Crippen LogP contribution in [0.1, 0.15) is 25.1 Å². The quantitative estimate of drug-likeness (QED) is 0.737. The van der Waals surface area contributed by atoms with Gasteiger partial charge in [-0.25, -0.2) is 13.4 Å². The first kappa shape index (κ1) is 21.3. The topological polar surface area (TPSA) is 87.7 Å². The average molecular weight is 420 g/mol. The van der Waals surface area contributed by atoms with Gasteiger partial charge in [0.2, 0.25) is 16.0 Å². The van der Waals surface area contributed by atoms with Crippen LogP contribution in [0.4, 0.5) is 11.8 Å². The van der Waals surface area contributed by atoms with Crippen molar-refractivity contribution in [3.63, 3.8) is 0 Å². The first-order valence-corrected chi connectivity index (χ1v) is 11.4. The summed E-state index contributed by atoms with van der Waals surface area (Å²) in [6.07, 6.45) is 0. The number of sulfonamides is 1. The molecular weight excluding hydrogens is 390 g/mol. The average Bonchev–Trinajstić information content (AvgIpc) is 2.69. The van der Waals surface area contributed by atoms with E-state index in [9.17, 15) is 8.42 Å². The summed E-state index contributed by atoms with van der Waals surface area (Å²) in [7, 11) is -3.54. The van der Waals surface area contributed by atoms with Gasteiger partial charge in [0, 0.05) is 44.5 Å². The number of nitrogens with one attached hydrogen (secondary N) is 1. The molecule has 0 aliphatic carbocycles. The molecular formula is C20H29N5O3S. The van der Waals surface area contributed by atoms with E-state index in [1.807, 2.05) is 33.8 Å². The normalized spacial score (nSPS) is 15.4. The highest BCUT2D eigenvalue weighted by atomic mass is 32.2. The molecule has 2 heterocycles. The molecule has 1 aliphatic heterocycles. The molecule has 1 fully saturated rings. The highest BCUT2D eigenvalue weighted by Crippen LogP contribution is 2.25. The number of rotatable bonds is 7. The number of benzene rings is 1. The second-order valence-corrected chi connectivity index (χ2v) is 8.91. The van der Waals surface area contributed by atoms with Crippen molar-refractivity contribution >= 4 is 21.8 Å². The van der Waals surface area contributed by atoms with Crippen molar-refractivity contribution in [1.29, 1.82) is 0 Å². The van der Waals surface area contributed by atoms with Gasteiger partial charge in [0.1, 0.15) is 11.6 Å².